The Labute approximate surface area is 141 Å². The van der Waals surface area contributed by atoms with Crippen molar-refractivity contribution in [2.75, 3.05) is 33.2 Å². The van der Waals surface area contributed by atoms with Crippen molar-refractivity contribution in [3.05, 3.63) is 64.1 Å². The number of benzene rings is 1. The highest BCUT2D eigenvalue weighted by atomic mass is 16.2. The van der Waals surface area contributed by atoms with Gasteiger partial charge in [0.15, 0.2) is 0 Å². The molecule has 24 heavy (non-hydrogen) atoms. The number of hydrogen-bond acceptors (Lipinski definition) is 4. The quantitative estimate of drug-likeness (QED) is 0.847. The van der Waals surface area contributed by atoms with Crippen LogP contribution in [-0.2, 0) is 6.54 Å². The number of amides is 1. The molecule has 0 atom stereocenters. The Balaban J connectivity index is 1.80. The summed E-state index contributed by atoms with van der Waals surface area (Å²) in [6, 6.07) is 12.6. The molecule has 1 fully saturated rings. The minimum Gasteiger partial charge on any atom is -0.336 e. The van der Waals surface area contributed by atoms with Gasteiger partial charge in [-0.05, 0) is 31.6 Å². The van der Waals surface area contributed by atoms with Crippen molar-refractivity contribution in [2.24, 2.45) is 0 Å². The van der Waals surface area contributed by atoms with Gasteiger partial charge in [-0.25, -0.2) is 4.68 Å². The molecule has 3 rings (SSSR count). The zero-order chi connectivity index (χ0) is 16.9. The van der Waals surface area contributed by atoms with Crippen LogP contribution in [0.25, 0.3) is 0 Å². The number of rotatable bonds is 3. The van der Waals surface area contributed by atoms with E-state index in [1.807, 2.05) is 35.2 Å². The fourth-order valence-corrected chi connectivity index (χ4v) is 2.84. The highest BCUT2D eigenvalue weighted by molar-refractivity contribution is 5.92. The highest BCUT2D eigenvalue weighted by Crippen LogP contribution is 2.06. The molecule has 6 heteroatoms. The second-order valence-electron chi connectivity index (χ2n) is 6.15. The van der Waals surface area contributed by atoms with Gasteiger partial charge in [-0.3, -0.25) is 9.59 Å². The standard InChI is InChI=1S/C18H22N4O2/c1-20-10-5-11-21(13-12-20)18(24)16-8-9-17(23)22(19-16)14-15-6-3-2-4-7-15/h2-4,6-9H,5,10-14H2,1H3. The fraction of sp³-hybridized carbons (Fsp3) is 0.389. The molecule has 2 heterocycles. The summed E-state index contributed by atoms with van der Waals surface area (Å²) in [5.41, 5.74) is 1.11. The van der Waals surface area contributed by atoms with E-state index in [1.54, 1.807) is 0 Å². The molecule has 1 saturated heterocycles. The van der Waals surface area contributed by atoms with Crippen molar-refractivity contribution >= 4 is 5.91 Å². The normalized spacial score (nSPS) is 16.0. The number of aromatic nitrogens is 2. The summed E-state index contributed by atoms with van der Waals surface area (Å²) < 4.78 is 1.35. The molecule has 1 aromatic heterocycles. The molecular formula is C18H22N4O2. The molecule has 0 aliphatic carbocycles. The molecule has 0 bridgehead atoms. The lowest BCUT2D eigenvalue weighted by molar-refractivity contribution is 0.0754. The molecule has 1 aliphatic rings. The molecule has 0 saturated carbocycles. The molecule has 1 aromatic carbocycles. The minimum absolute atomic E-state index is 0.105. The maximum Gasteiger partial charge on any atom is 0.274 e. The van der Waals surface area contributed by atoms with Crippen LogP contribution in [0.1, 0.15) is 22.5 Å². The van der Waals surface area contributed by atoms with Gasteiger partial charge in [0.2, 0.25) is 0 Å². The monoisotopic (exact) mass is 326 g/mol. The third-order valence-electron chi connectivity index (χ3n) is 4.27. The van der Waals surface area contributed by atoms with E-state index in [4.69, 9.17) is 0 Å². The van der Waals surface area contributed by atoms with Crippen molar-refractivity contribution < 1.29 is 4.79 Å². The van der Waals surface area contributed by atoms with Gasteiger partial charge in [-0.1, -0.05) is 30.3 Å². The van der Waals surface area contributed by atoms with Gasteiger partial charge in [-0.15, -0.1) is 0 Å². The van der Waals surface area contributed by atoms with Crippen molar-refractivity contribution in [1.29, 1.82) is 0 Å². The Bertz CT molecular complexity index is 757. The molecule has 2 aromatic rings. The molecule has 0 radical (unpaired) electrons. The van der Waals surface area contributed by atoms with Gasteiger partial charge in [-0.2, -0.15) is 5.10 Å². The molecule has 1 amide bonds. The van der Waals surface area contributed by atoms with Crippen molar-refractivity contribution in [1.82, 2.24) is 19.6 Å². The topological polar surface area (TPSA) is 58.4 Å². The Morgan fingerprint density at radius 3 is 2.62 bits per heavy atom. The third kappa shape index (κ3) is 3.89. The fourth-order valence-electron chi connectivity index (χ4n) is 2.84. The molecule has 0 spiro atoms. The number of carbonyl (C=O) groups excluding carboxylic acids is 1. The largest absolute Gasteiger partial charge is 0.336 e. The Morgan fingerprint density at radius 1 is 1.04 bits per heavy atom. The van der Waals surface area contributed by atoms with Gasteiger partial charge in [0.1, 0.15) is 5.69 Å². The van der Waals surface area contributed by atoms with E-state index in [1.165, 1.54) is 16.8 Å². The van der Waals surface area contributed by atoms with Crippen LogP contribution < -0.4 is 5.56 Å². The summed E-state index contributed by atoms with van der Waals surface area (Å²) in [6.07, 6.45) is 0.950. The van der Waals surface area contributed by atoms with Crippen molar-refractivity contribution in [2.45, 2.75) is 13.0 Å². The number of hydrogen-bond donors (Lipinski definition) is 0. The zero-order valence-electron chi connectivity index (χ0n) is 13.9. The van der Waals surface area contributed by atoms with Gasteiger partial charge < -0.3 is 9.80 Å². The van der Waals surface area contributed by atoms with Crippen molar-refractivity contribution in [3.8, 4) is 0 Å². The van der Waals surface area contributed by atoms with Crippen LogP contribution in [0, 0.1) is 0 Å². The first-order valence-corrected chi connectivity index (χ1v) is 8.23. The third-order valence-corrected chi connectivity index (χ3v) is 4.27. The molecule has 0 N–H and O–H groups in total. The first-order chi connectivity index (χ1) is 11.6. The summed E-state index contributed by atoms with van der Waals surface area (Å²) in [6.45, 7) is 3.63. The van der Waals surface area contributed by atoms with Gasteiger partial charge in [0.05, 0.1) is 6.54 Å². The summed E-state index contributed by atoms with van der Waals surface area (Å²) in [7, 11) is 2.06. The van der Waals surface area contributed by atoms with Crippen LogP contribution in [0.3, 0.4) is 0 Å². The lowest BCUT2D eigenvalue weighted by atomic mass is 10.2. The van der Waals surface area contributed by atoms with Crippen LogP contribution in [-0.4, -0.2) is 58.7 Å². The van der Waals surface area contributed by atoms with E-state index in [0.717, 1.165) is 31.6 Å². The van der Waals surface area contributed by atoms with Gasteiger partial charge in [0.25, 0.3) is 11.5 Å². The number of likely N-dealkylation sites (N-methyl/N-ethyl adjacent to an activating group) is 1. The predicted molar refractivity (Wildman–Crippen MR) is 92.1 cm³/mol. The second-order valence-corrected chi connectivity index (χ2v) is 6.15. The maximum atomic E-state index is 12.7. The first kappa shape index (κ1) is 16.4. The smallest absolute Gasteiger partial charge is 0.274 e. The lowest BCUT2D eigenvalue weighted by Gasteiger charge is -2.20. The number of carbonyl (C=O) groups is 1. The maximum absolute atomic E-state index is 12.7. The molecule has 1 aliphatic heterocycles. The summed E-state index contributed by atoms with van der Waals surface area (Å²) in [5, 5.41) is 4.29. The van der Waals surface area contributed by atoms with E-state index < -0.39 is 0 Å². The van der Waals surface area contributed by atoms with Gasteiger partial charge in [0, 0.05) is 25.7 Å². The minimum atomic E-state index is -0.203. The molecule has 126 valence electrons. The summed E-state index contributed by atoms with van der Waals surface area (Å²) >= 11 is 0. The van der Waals surface area contributed by atoms with E-state index in [9.17, 15) is 9.59 Å². The SMILES string of the molecule is CN1CCCN(C(=O)c2ccc(=O)n(Cc3ccccc3)n2)CC1. The van der Waals surface area contributed by atoms with E-state index in [-0.39, 0.29) is 11.5 Å². The average Bonchev–Trinajstić information content (AvgIpc) is 2.82. The Hall–Kier alpha value is -2.47. The number of nitrogens with zero attached hydrogens (tertiary/aromatic N) is 4. The van der Waals surface area contributed by atoms with Crippen LogP contribution in [0.4, 0.5) is 0 Å². The summed E-state index contributed by atoms with van der Waals surface area (Å²) in [5.74, 6) is -0.105. The molecular weight excluding hydrogens is 304 g/mol. The zero-order valence-corrected chi connectivity index (χ0v) is 13.9. The Kier molecular flexibility index (Phi) is 5.05. The highest BCUT2D eigenvalue weighted by Gasteiger charge is 2.20. The van der Waals surface area contributed by atoms with Crippen molar-refractivity contribution in [3.63, 3.8) is 0 Å². The summed E-state index contributed by atoms with van der Waals surface area (Å²) in [4.78, 5) is 28.8. The van der Waals surface area contributed by atoms with E-state index >= 15 is 0 Å². The van der Waals surface area contributed by atoms with E-state index in [2.05, 4.69) is 17.0 Å². The first-order valence-electron chi connectivity index (χ1n) is 8.23. The lowest BCUT2D eigenvalue weighted by Crippen LogP contribution is -2.36. The van der Waals surface area contributed by atoms with E-state index in [0.29, 0.717) is 18.8 Å². The van der Waals surface area contributed by atoms with Crippen LogP contribution in [0.5, 0.6) is 0 Å². The second kappa shape index (κ2) is 7.40. The average molecular weight is 326 g/mol. The molecule has 0 unspecified atom stereocenters. The van der Waals surface area contributed by atoms with Gasteiger partial charge >= 0.3 is 0 Å². The predicted octanol–water partition coefficient (Wildman–Crippen LogP) is 1.07. The van der Waals surface area contributed by atoms with Crippen LogP contribution in [0.2, 0.25) is 0 Å². The van der Waals surface area contributed by atoms with Crippen LogP contribution in [0.15, 0.2) is 47.3 Å². The van der Waals surface area contributed by atoms with Crippen LogP contribution >= 0.6 is 0 Å². The molecule has 6 nitrogen and oxygen atoms in total. The Morgan fingerprint density at radius 2 is 1.83 bits per heavy atom.